The van der Waals surface area contributed by atoms with Crippen molar-refractivity contribution < 1.29 is 28.9 Å². The molecular formula is C49H45Cl2N3O6. The summed E-state index contributed by atoms with van der Waals surface area (Å²) >= 11 is 12.2. The van der Waals surface area contributed by atoms with Crippen molar-refractivity contribution in [2.75, 3.05) is 6.61 Å². The van der Waals surface area contributed by atoms with E-state index in [-0.39, 0.29) is 24.5 Å². The van der Waals surface area contributed by atoms with Gasteiger partial charge in [0.25, 0.3) is 0 Å². The van der Waals surface area contributed by atoms with Gasteiger partial charge in [-0.3, -0.25) is 14.7 Å². The number of fused-ring (bicyclic) bond motifs is 2. The van der Waals surface area contributed by atoms with E-state index in [1.54, 1.807) is 18.3 Å². The number of ether oxygens (including phenoxy) is 3. The minimum absolute atomic E-state index is 0.0962. The number of aromatic nitrogens is 1. The number of carbonyl (C=O) groups excluding carboxylic acids is 1. The fourth-order valence-electron chi connectivity index (χ4n) is 8.08. The molecule has 0 radical (unpaired) electrons. The lowest BCUT2D eigenvalue weighted by atomic mass is 9.89. The van der Waals surface area contributed by atoms with E-state index in [0.717, 1.165) is 56.6 Å². The van der Waals surface area contributed by atoms with Crippen molar-refractivity contribution in [2.45, 2.75) is 70.5 Å². The Morgan fingerprint density at radius 1 is 0.867 bits per heavy atom. The average molecular weight is 843 g/mol. The van der Waals surface area contributed by atoms with Gasteiger partial charge in [-0.15, -0.1) is 0 Å². The van der Waals surface area contributed by atoms with Gasteiger partial charge in [-0.05, 0) is 113 Å². The van der Waals surface area contributed by atoms with Crippen LogP contribution in [0.3, 0.4) is 0 Å². The monoisotopic (exact) mass is 841 g/mol. The van der Waals surface area contributed by atoms with E-state index in [1.165, 1.54) is 0 Å². The van der Waals surface area contributed by atoms with Crippen LogP contribution in [0.5, 0.6) is 17.2 Å². The van der Waals surface area contributed by atoms with Crippen molar-refractivity contribution in [3.63, 3.8) is 0 Å². The summed E-state index contributed by atoms with van der Waals surface area (Å²) in [6, 6.07) is 37.2. The Morgan fingerprint density at radius 2 is 1.62 bits per heavy atom. The van der Waals surface area contributed by atoms with Gasteiger partial charge in [0.1, 0.15) is 25.0 Å². The van der Waals surface area contributed by atoms with Crippen LogP contribution in [-0.4, -0.2) is 45.6 Å². The molecule has 0 bridgehead atoms. The van der Waals surface area contributed by atoms with Crippen molar-refractivity contribution in [3.05, 3.63) is 177 Å². The number of nitrogens with zero attached hydrogens (tertiary/aromatic N) is 2. The van der Waals surface area contributed by atoms with E-state index in [4.69, 9.17) is 37.4 Å². The third-order valence-electron chi connectivity index (χ3n) is 11.2. The lowest BCUT2D eigenvalue weighted by molar-refractivity contribution is -0.143. The fourth-order valence-corrected chi connectivity index (χ4v) is 8.40. The first-order chi connectivity index (χ1) is 29.1. The summed E-state index contributed by atoms with van der Waals surface area (Å²) in [5.74, 6) is 0.541. The molecule has 0 aliphatic carbocycles. The van der Waals surface area contributed by atoms with Crippen LogP contribution in [0.1, 0.15) is 64.6 Å². The lowest BCUT2D eigenvalue weighted by Gasteiger charge is -2.42. The molecule has 8 rings (SSSR count). The second kappa shape index (κ2) is 18.2. The number of rotatable bonds is 13. The van der Waals surface area contributed by atoms with Crippen LogP contribution in [0.2, 0.25) is 10.0 Å². The molecule has 0 spiro atoms. The minimum atomic E-state index is -1.12. The highest BCUT2D eigenvalue weighted by atomic mass is 35.5. The quantitative estimate of drug-likeness (QED) is 0.118. The van der Waals surface area contributed by atoms with Gasteiger partial charge in [0.2, 0.25) is 5.91 Å². The molecule has 2 N–H and O–H groups in total. The maximum atomic E-state index is 14.4. The zero-order chi connectivity index (χ0) is 41.8. The van der Waals surface area contributed by atoms with Crippen LogP contribution in [0.15, 0.2) is 128 Å². The van der Waals surface area contributed by atoms with Gasteiger partial charge in [0.15, 0.2) is 17.6 Å². The topological polar surface area (TPSA) is 110 Å². The van der Waals surface area contributed by atoms with Gasteiger partial charge in [-0.2, -0.15) is 0 Å². The van der Waals surface area contributed by atoms with Gasteiger partial charge in [-0.1, -0.05) is 103 Å². The first kappa shape index (κ1) is 40.9. The molecule has 2 aliphatic heterocycles. The standard InChI is InChI=1S/C49H45Cl2N3O6/c1-3-43(34-7-5-4-6-8-34)54-27-38-26-46-45(59-29-47(60-46)35-14-16-39(17-15-35)58-28-32-11-18-40(50)41(51)22-32)25-37(38)24-44(54)48(55)53-42(49(56)57)23-31-9-12-33(13-10-31)36-19-20-52-30(2)21-36/h4-22,25-26,42-44,47H,3,23-24,27-29H2,1-2H3,(H,53,55)(H,56,57)/t42-,43-,44-,47+/m0/s1. The van der Waals surface area contributed by atoms with E-state index < -0.39 is 18.1 Å². The number of nitrogens with one attached hydrogen (secondary N) is 1. The number of benzene rings is 5. The molecule has 0 unspecified atom stereocenters. The summed E-state index contributed by atoms with van der Waals surface area (Å²) in [4.78, 5) is 33.5. The highest BCUT2D eigenvalue weighted by Crippen LogP contribution is 2.42. The number of carboxylic acid groups (broad SMARTS) is 1. The number of pyridine rings is 1. The summed E-state index contributed by atoms with van der Waals surface area (Å²) in [5.41, 5.74) is 8.71. The summed E-state index contributed by atoms with van der Waals surface area (Å²) in [6.45, 7) is 5.17. The third-order valence-corrected chi connectivity index (χ3v) is 12.0. The van der Waals surface area contributed by atoms with Gasteiger partial charge in [-0.25, -0.2) is 4.79 Å². The molecule has 60 heavy (non-hydrogen) atoms. The van der Waals surface area contributed by atoms with Crippen molar-refractivity contribution in [2.24, 2.45) is 0 Å². The molecule has 0 saturated carbocycles. The summed E-state index contributed by atoms with van der Waals surface area (Å²) < 4.78 is 18.9. The minimum Gasteiger partial charge on any atom is -0.489 e. The number of hydrogen-bond donors (Lipinski definition) is 2. The SMILES string of the molecule is CC[C@@H](c1ccccc1)N1Cc2cc3c(cc2C[C@H]1C(=O)N[C@@H](Cc1ccc(-c2ccnc(C)c2)cc1)C(=O)O)OC[C@H](c1ccc(OCc2ccc(Cl)c(Cl)c2)cc1)O3. The molecule has 306 valence electrons. The predicted octanol–water partition coefficient (Wildman–Crippen LogP) is 10.1. The molecule has 5 aromatic carbocycles. The largest absolute Gasteiger partial charge is 0.489 e. The third kappa shape index (κ3) is 9.29. The number of carbonyl (C=O) groups is 2. The van der Waals surface area contributed by atoms with Gasteiger partial charge >= 0.3 is 5.97 Å². The van der Waals surface area contributed by atoms with E-state index in [2.05, 4.69) is 34.3 Å². The van der Waals surface area contributed by atoms with E-state index in [0.29, 0.717) is 53.5 Å². The second-order valence-electron chi connectivity index (χ2n) is 15.3. The Morgan fingerprint density at radius 3 is 2.33 bits per heavy atom. The Bertz CT molecular complexity index is 2480. The number of hydrogen-bond acceptors (Lipinski definition) is 7. The molecule has 0 saturated heterocycles. The van der Waals surface area contributed by atoms with Gasteiger partial charge in [0.05, 0.1) is 16.1 Å². The summed E-state index contributed by atoms with van der Waals surface area (Å²) in [6.07, 6.45) is 2.70. The van der Waals surface area contributed by atoms with Crippen molar-refractivity contribution >= 4 is 35.1 Å². The molecule has 9 nitrogen and oxygen atoms in total. The van der Waals surface area contributed by atoms with E-state index >= 15 is 0 Å². The molecule has 0 fully saturated rings. The maximum absolute atomic E-state index is 14.4. The Hall–Kier alpha value is -5.87. The van der Waals surface area contributed by atoms with Crippen molar-refractivity contribution in [3.8, 4) is 28.4 Å². The zero-order valence-electron chi connectivity index (χ0n) is 33.3. The van der Waals surface area contributed by atoms with Crippen LogP contribution < -0.4 is 19.5 Å². The highest BCUT2D eigenvalue weighted by molar-refractivity contribution is 6.42. The molecule has 1 amide bonds. The van der Waals surface area contributed by atoms with Crippen molar-refractivity contribution in [1.29, 1.82) is 0 Å². The predicted molar refractivity (Wildman–Crippen MR) is 233 cm³/mol. The molecule has 1 aromatic heterocycles. The number of aryl methyl sites for hydroxylation is 1. The highest BCUT2D eigenvalue weighted by Gasteiger charge is 2.38. The van der Waals surface area contributed by atoms with Crippen LogP contribution in [0.4, 0.5) is 0 Å². The molecule has 2 aliphatic rings. The maximum Gasteiger partial charge on any atom is 0.326 e. The molecule has 3 heterocycles. The van der Waals surface area contributed by atoms with Crippen LogP contribution in [0, 0.1) is 6.92 Å². The van der Waals surface area contributed by atoms with E-state index in [1.807, 2.05) is 104 Å². The van der Waals surface area contributed by atoms with Crippen LogP contribution in [0.25, 0.3) is 11.1 Å². The molecule has 6 aromatic rings. The summed E-state index contributed by atoms with van der Waals surface area (Å²) in [7, 11) is 0. The molecule has 4 atom stereocenters. The average Bonchev–Trinajstić information content (AvgIpc) is 3.26. The second-order valence-corrected chi connectivity index (χ2v) is 16.1. The normalized spacial score (nSPS) is 16.9. The summed E-state index contributed by atoms with van der Waals surface area (Å²) in [5, 5.41) is 14.3. The number of carboxylic acids is 1. The first-order valence-electron chi connectivity index (χ1n) is 20.1. The zero-order valence-corrected chi connectivity index (χ0v) is 34.8. The first-order valence-corrected chi connectivity index (χ1v) is 20.8. The number of aliphatic carboxylic acids is 1. The Labute approximate surface area is 359 Å². The van der Waals surface area contributed by atoms with Crippen LogP contribution >= 0.6 is 23.2 Å². The van der Waals surface area contributed by atoms with E-state index in [9.17, 15) is 14.7 Å². The van der Waals surface area contributed by atoms with Gasteiger partial charge < -0.3 is 24.6 Å². The number of amides is 1. The fraction of sp³-hybridized carbons (Fsp3) is 0.245. The Balaban J connectivity index is 0.991. The van der Waals surface area contributed by atoms with Crippen molar-refractivity contribution in [1.82, 2.24) is 15.2 Å². The smallest absolute Gasteiger partial charge is 0.326 e. The van der Waals surface area contributed by atoms with Gasteiger partial charge in [0, 0.05) is 30.9 Å². The number of halogens is 2. The lowest BCUT2D eigenvalue weighted by Crippen LogP contribution is -2.55. The van der Waals surface area contributed by atoms with Crippen LogP contribution in [-0.2, 0) is 35.6 Å². The Kier molecular flexibility index (Phi) is 12.4. The molecule has 11 heteroatoms. The molecular weight excluding hydrogens is 797 g/mol.